The maximum absolute atomic E-state index is 12.6. The van der Waals surface area contributed by atoms with Gasteiger partial charge in [-0.15, -0.1) is 0 Å². The van der Waals surface area contributed by atoms with Gasteiger partial charge in [-0.05, 0) is 37.3 Å². The molecule has 2 atom stereocenters. The Labute approximate surface area is 143 Å². The van der Waals surface area contributed by atoms with Crippen LogP contribution in [-0.4, -0.2) is 45.4 Å². The van der Waals surface area contributed by atoms with Gasteiger partial charge in [-0.3, -0.25) is 0 Å². The van der Waals surface area contributed by atoms with Gasteiger partial charge in [-0.2, -0.15) is 0 Å². The third-order valence-electron chi connectivity index (χ3n) is 4.65. The number of aliphatic hydroxyl groups excluding tert-OH is 1. The van der Waals surface area contributed by atoms with Gasteiger partial charge in [0.25, 0.3) is 0 Å². The lowest BCUT2D eigenvalue weighted by Gasteiger charge is -2.26. The van der Waals surface area contributed by atoms with Crippen LogP contribution < -0.4 is 14.4 Å². The summed E-state index contributed by atoms with van der Waals surface area (Å²) >= 11 is 0. The van der Waals surface area contributed by atoms with E-state index in [9.17, 15) is 13.5 Å². The number of nitrogens with zero attached hydrogens (tertiary/aromatic N) is 1. The van der Waals surface area contributed by atoms with E-state index in [2.05, 4.69) is 23.5 Å². The summed E-state index contributed by atoms with van der Waals surface area (Å²) in [5, 5.41) is 9.50. The Bertz CT molecular complexity index is 690. The maximum atomic E-state index is 12.6. The molecule has 1 fully saturated rings. The molecule has 0 aliphatic carbocycles. The van der Waals surface area contributed by atoms with E-state index in [0.29, 0.717) is 18.3 Å². The van der Waals surface area contributed by atoms with E-state index in [4.69, 9.17) is 4.74 Å². The minimum atomic E-state index is -3.58. The Morgan fingerprint density at radius 3 is 2.92 bits per heavy atom. The molecule has 1 aromatic rings. The smallest absolute Gasteiger partial charge is 0.244 e. The molecule has 2 heterocycles. The van der Waals surface area contributed by atoms with Crippen LogP contribution in [0.15, 0.2) is 23.1 Å². The maximum Gasteiger partial charge on any atom is 0.244 e. The van der Waals surface area contributed by atoms with Crippen molar-refractivity contribution in [3.63, 3.8) is 0 Å². The predicted octanol–water partition coefficient (Wildman–Crippen LogP) is 1.73. The van der Waals surface area contributed by atoms with Crippen LogP contribution in [0.4, 0.5) is 5.69 Å². The number of hydrogen-bond donors (Lipinski definition) is 2. The van der Waals surface area contributed by atoms with Gasteiger partial charge in [0.15, 0.2) is 0 Å². The summed E-state index contributed by atoms with van der Waals surface area (Å²) in [6.45, 7) is 5.43. The van der Waals surface area contributed by atoms with Gasteiger partial charge >= 0.3 is 0 Å². The van der Waals surface area contributed by atoms with Gasteiger partial charge in [-0.25, -0.2) is 13.1 Å². The van der Waals surface area contributed by atoms with Crippen LogP contribution in [0, 0.1) is 5.92 Å². The zero-order chi connectivity index (χ0) is 17.3. The number of aliphatic hydroxyl groups is 1. The molecule has 7 heteroatoms. The van der Waals surface area contributed by atoms with Crippen molar-refractivity contribution < 1.29 is 18.3 Å². The standard InChI is InChI=1S/C17H26N2O4S/c1-12(2)8-13-11-23-16-9-14(19-7-3-4-15(19)10-20)5-6-17(16)24(21,22)18-13/h5-6,9,12-13,15,18,20H,3-4,7-8,10-11H2,1-2H3/t13-,15-/m0/s1. The monoisotopic (exact) mass is 354 g/mol. The van der Waals surface area contributed by atoms with Crippen molar-refractivity contribution in [2.24, 2.45) is 5.92 Å². The fourth-order valence-corrected chi connectivity index (χ4v) is 4.93. The molecule has 2 N–H and O–H groups in total. The molecule has 0 amide bonds. The van der Waals surface area contributed by atoms with Gasteiger partial charge < -0.3 is 14.7 Å². The molecule has 1 aromatic carbocycles. The predicted molar refractivity (Wildman–Crippen MR) is 93.0 cm³/mol. The zero-order valence-electron chi connectivity index (χ0n) is 14.2. The molecule has 134 valence electrons. The summed E-state index contributed by atoms with van der Waals surface area (Å²) in [7, 11) is -3.58. The van der Waals surface area contributed by atoms with E-state index >= 15 is 0 Å². The summed E-state index contributed by atoms with van der Waals surface area (Å²) in [4.78, 5) is 2.32. The van der Waals surface area contributed by atoms with Crippen molar-refractivity contribution in [1.29, 1.82) is 0 Å². The van der Waals surface area contributed by atoms with E-state index < -0.39 is 10.0 Å². The Balaban J connectivity index is 1.89. The van der Waals surface area contributed by atoms with Crippen molar-refractivity contribution >= 4 is 15.7 Å². The molecule has 1 saturated heterocycles. The third-order valence-corrected chi connectivity index (χ3v) is 6.21. The normalized spacial score (nSPS) is 26.1. The van der Waals surface area contributed by atoms with Crippen LogP contribution in [0.2, 0.25) is 0 Å². The topological polar surface area (TPSA) is 78.9 Å². The van der Waals surface area contributed by atoms with Gasteiger partial charge in [0.2, 0.25) is 10.0 Å². The Hall–Kier alpha value is -1.31. The van der Waals surface area contributed by atoms with Crippen LogP contribution in [0.5, 0.6) is 5.75 Å². The largest absolute Gasteiger partial charge is 0.490 e. The highest BCUT2D eigenvalue weighted by atomic mass is 32.2. The first-order valence-corrected chi connectivity index (χ1v) is 10.1. The SMILES string of the molecule is CC(C)C[C@H]1COc2cc(N3CCC[C@H]3CO)ccc2S(=O)(=O)N1. The molecule has 0 spiro atoms. The molecule has 2 aliphatic rings. The molecule has 0 unspecified atom stereocenters. The van der Waals surface area contributed by atoms with E-state index in [0.717, 1.165) is 31.5 Å². The van der Waals surface area contributed by atoms with Crippen molar-refractivity contribution in [1.82, 2.24) is 4.72 Å². The molecule has 3 rings (SSSR count). The van der Waals surface area contributed by atoms with E-state index in [-0.39, 0.29) is 23.6 Å². The number of rotatable bonds is 4. The average molecular weight is 354 g/mol. The molecule has 0 bridgehead atoms. The minimum absolute atomic E-state index is 0.0947. The lowest BCUT2D eigenvalue weighted by atomic mass is 10.1. The lowest BCUT2D eigenvalue weighted by molar-refractivity contribution is 0.261. The second kappa shape index (κ2) is 6.90. The van der Waals surface area contributed by atoms with Crippen LogP contribution >= 0.6 is 0 Å². The first-order chi connectivity index (χ1) is 11.4. The Morgan fingerprint density at radius 2 is 2.21 bits per heavy atom. The summed E-state index contributed by atoms with van der Waals surface area (Å²) in [6, 6.07) is 5.08. The molecule has 0 aromatic heterocycles. The number of nitrogens with one attached hydrogen (secondary N) is 1. The summed E-state index contributed by atoms with van der Waals surface area (Å²) in [6.07, 6.45) is 2.71. The van der Waals surface area contributed by atoms with Crippen LogP contribution in [-0.2, 0) is 10.0 Å². The Morgan fingerprint density at radius 1 is 1.42 bits per heavy atom. The second-order valence-electron chi connectivity index (χ2n) is 7.06. The molecule has 0 saturated carbocycles. The minimum Gasteiger partial charge on any atom is -0.490 e. The first-order valence-electron chi connectivity index (χ1n) is 8.57. The van der Waals surface area contributed by atoms with Crippen LogP contribution in [0.1, 0.15) is 33.1 Å². The number of hydrogen-bond acceptors (Lipinski definition) is 5. The fraction of sp³-hybridized carbons (Fsp3) is 0.647. The van der Waals surface area contributed by atoms with E-state index in [1.807, 2.05) is 0 Å². The van der Waals surface area contributed by atoms with E-state index in [1.54, 1.807) is 18.2 Å². The highest BCUT2D eigenvalue weighted by molar-refractivity contribution is 7.89. The second-order valence-corrected chi connectivity index (χ2v) is 8.74. The molecule has 24 heavy (non-hydrogen) atoms. The zero-order valence-corrected chi connectivity index (χ0v) is 15.1. The van der Waals surface area contributed by atoms with Crippen molar-refractivity contribution in [2.45, 2.75) is 50.1 Å². The van der Waals surface area contributed by atoms with Gasteiger partial charge in [-0.1, -0.05) is 13.8 Å². The average Bonchev–Trinajstić information content (AvgIpc) is 2.95. The Kier molecular flexibility index (Phi) is 5.03. The number of ether oxygens (including phenoxy) is 1. The van der Waals surface area contributed by atoms with Crippen LogP contribution in [0.25, 0.3) is 0 Å². The van der Waals surface area contributed by atoms with Crippen molar-refractivity contribution in [3.8, 4) is 5.75 Å². The summed E-state index contributed by atoms with van der Waals surface area (Å²) in [5.41, 5.74) is 0.905. The molecular formula is C17H26N2O4S. The summed E-state index contributed by atoms with van der Waals surface area (Å²) in [5.74, 6) is 0.780. The molecular weight excluding hydrogens is 328 g/mol. The fourth-order valence-electron chi connectivity index (χ4n) is 3.57. The lowest BCUT2D eigenvalue weighted by Crippen LogP contribution is -2.37. The van der Waals surface area contributed by atoms with Gasteiger partial charge in [0, 0.05) is 18.3 Å². The number of anilines is 1. The van der Waals surface area contributed by atoms with Crippen molar-refractivity contribution in [3.05, 3.63) is 18.2 Å². The third kappa shape index (κ3) is 3.53. The number of sulfonamides is 1. The molecule has 0 radical (unpaired) electrons. The molecule has 6 nitrogen and oxygen atoms in total. The quantitative estimate of drug-likeness (QED) is 0.861. The number of fused-ring (bicyclic) bond motifs is 1. The van der Waals surface area contributed by atoms with E-state index in [1.165, 1.54) is 0 Å². The van der Waals surface area contributed by atoms with Crippen LogP contribution in [0.3, 0.4) is 0 Å². The first kappa shape index (κ1) is 17.5. The summed E-state index contributed by atoms with van der Waals surface area (Å²) < 4.78 is 33.8. The number of benzene rings is 1. The van der Waals surface area contributed by atoms with Gasteiger partial charge in [0.1, 0.15) is 17.3 Å². The molecule has 2 aliphatic heterocycles. The van der Waals surface area contributed by atoms with Gasteiger partial charge in [0.05, 0.1) is 18.7 Å². The highest BCUT2D eigenvalue weighted by Gasteiger charge is 2.30. The highest BCUT2D eigenvalue weighted by Crippen LogP contribution is 2.34. The van der Waals surface area contributed by atoms with Crippen molar-refractivity contribution in [2.75, 3.05) is 24.7 Å².